The van der Waals surface area contributed by atoms with Crippen LogP contribution >= 0.6 is 8.03 Å². The molecule has 0 heterocycles. The van der Waals surface area contributed by atoms with Gasteiger partial charge in [0, 0.05) is 13.8 Å². The van der Waals surface area contributed by atoms with Gasteiger partial charge in [-0.15, -0.1) is 4.52 Å². The Hall–Kier alpha value is -0.920. The van der Waals surface area contributed by atoms with Crippen LogP contribution in [0.5, 0.6) is 5.75 Å². The van der Waals surface area contributed by atoms with E-state index in [1.54, 1.807) is 13.8 Å². The number of hydrogen-bond donors (Lipinski definition) is 0. The van der Waals surface area contributed by atoms with Gasteiger partial charge in [0.25, 0.3) is 0 Å². The minimum Gasteiger partial charge on any atom is -0.443 e. The summed E-state index contributed by atoms with van der Waals surface area (Å²) in [5.41, 5.74) is -0.440. The molecule has 0 aliphatic carbocycles. The first-order valence-electron chi connectivity index (χ1n) is 5.61. The lowest BCUT2D eigenvalue weighted by atomic mass is 10.2. The lowest BCUT2D eigenvalue weighted by Gasteiger charge is -2.18. The van der Waals surface area contributed by atoms with Gasteiger partial charge in [-0.25, -0.2) is 0 Å². The molecule has 1 aromatic carbocycles. The third-order valence-electron chi connectivity index (χ3n) is 1.91. The zero-order valence-electron chi connectivity index (χ0n) is 11.1. The SMILES string of the molecule is CC(C)(C)O[P+](=O)C(C)(C)Oc1ccccc1. The lowest BCUT2D eigenvalue weighted by molar-refractivity contribution is 0.106. The van der Waals surface area contributed by atoms with Crippen LogP contribution < -0.4 is 4.74 Å². The minimum absolute atomic E-state index is 0.440. The van der Waals surface area contributed by atoms with Gasteiger partial charge in [-0.05, 0) is 37.5 Å². The molecule has 0 radical (unpaired) electrons. The van der Waals surface area contributed by atoms with E-state index in [-0.39, 0.29) is 0 Å². The maximum Gasteiger partial charge on any atom is 0.556 e. The highest BCUT2D eigenvalue weighted by molar-refractivity contribution is 7.40. The molecule has 17 heavy (non-hydrogen) atoms. The van der Waals surface area contributed by atoms with Crippen molar-refractivity contribution in [1.82, 2.24) is 0 Å². The van der Waals surface area contributed by atoms with Crippen molar-refractivity contribution in [3.8, 4) is 5.75 Å². The smallest absolute Gasteiger partial charge is 0.443 e. The van der Waals surface area contributed by atoms with E-state index < -0.39 is 19.0 Å². The summed E-state index contributed by atoms with van der Waals surface area (Å²) in [6.07, 6.45) is 0. The number of para-hydroxylation sites is 1. The summed E-state index contributed by atoms with van der Waals surface area (Å²) in [7, 11) is -1.91. The Morgan fingerprint density at radius 1 is 1.00 bits per heavy atom. The van der Waals surface area contributed by atoms with Gasteiger partial charge in [0.15, 0.2) is 0 Å². The Morgan fingerprint density at radius 2 is 1.53 bits per heavy atom. The van der Waals surface area contributed by atoms with Crippen molar-refractivity contribution in [2.75, 3.05) is 0 Å². The molecule has 0 N–H and O–H groups in total. The Morgan fingerprint density at radius 3 is 2.00 bits per heavy atom. The van der Waals surface area contributed by atoms with E-state index in [0.717, 1.165) is 0 Å². The van der Waals surface area contributed by atoms with Gasteiger partial charge in [0.1, 0.15) is 11.4 Å². The van der Waals surface area contributed by atoms with Crippen molar-refractivity contribution >= 4 is 8.03 Å². The van der Waals surface area contributed by atoms with Crippen LogP contribution in [0.25, 0.3) is 0 Å². The van der Waals surface area contributed by atoms with Crippen molar-refractivity contribution < 1.29 is 13.8 Å². The van der Waals surface area contributed by atoms with Gasteiger partial charge in [-0.1, -0.05) is 18.2 Å². The Bertz CT molecular complexity index is 379. The average molecular weight is 255 g/mol. The zero-order chi connectivity index (χ0) is 13.1. The van der Waals surface area contributed by atoms with Crippen molar-refractivity contribution in [2.45, 2.75) is 45.6 Å². The monoisotopic (exact) mass is 255 g/mol. The second-order valence-corrected chi connectivity index (χ2v) is 7.10. The summed E-state index contributed by atoms with van der Waals surface area (Å²) in [6.45, 7) is 9.16. The highest BCUT2D eigenvalue weighted by atomic mass is 31.1. The lowest BCUT2D eigenvalue weighted by Crippen LogP contribution is -2.27. The largest absolute Gasteiger partial charge is 0.556 e. The van der Waals surface area contributed by atoms with E-state index in [1.165, 1.54) is 0 Å². The molecule has 0 aromatic heterocycles. The van der Waals surface area contributed by atoms with Crippen LogP contribution in [0.2, 0.25) is 0 Å². The van der Waals surface area contributed by atoms with E-state index in [4.69, 9.17) is 9.26 Å². The van der Waals surface area contributed by atoms with Crippen molar-refractivity contribution in [3.05, 3.63) is 30.3 Å². The number of rotatable bonds is 4. The molecule has 94 valence electrons. The molecule has 4 heteroatoms. The van der Waals surface area contributed by atoms with Crippen LogP contribution in [0.1, 0.15) is 34.6 Å². The van der Waals surface area contributed by atoms with Crippen LogP contribution in [0, 0.1) is 0 Å². The van der Waals surface area contributed by atoms with Gasteiger partial charge in [0.05, 0.1) is 0 Å². The predicted octanol–water partition coefficient (Wildman–Crippen LogP) is 4.36. The van der Waals surface area contributed by atoms with Crippen LogP contribution in [0.15, 0.2) is 30.3 Å². The third-order valence-corrected chi connectivity index (χ3v) is 3.59. The molecule has 1 rings (SSSR count). The number of hydrogen-bond acceptors (Lipinski definition) is 3. The molecule has 1 aromatic rings. The van der Waals surface area contributed by atoms with E-state index >= 15 is 0 Å². The first kappa shape index (κ1) is 14.1. The summed E-state index contributed by atoms with van der Waals surface area (Å²) in [5.74, 6) is 0.693. The highest BCUT2D eigenvalue weighted by Crippen LogP contribution is 2.44. The van der Waals surface area contributed by atoms with Crippen molar-refractivity contribution in [3.63, 3.8) is 0 Å². The molecule has 0 saturated carbocycles. The summed E-state index contributed by atoms with van der Waals surface area (Å²) in [6, 6.07) is 9.34. The molecule has 0 aliphatic rings. The van der Waals surface area contributed by atoms with E-state index in [2.05, 4.69) is 0 Å². The quantitative estimate of drug-likeness (QED) is 0.750. The molecule has 0 fully saturated rings. The summed E-state index contributed by atoms with van der Waals surface area (Å²) >= 11 is 0. The molecule has 0 saturated heterocycles. The normalized spacial score (nSPS) is 13.4. The highest BCUT2D eigenvalue weighted by Gasteiger charge is 2.47. The zero-order valence-corrected chi connectivity index (χ0v) is 12.0. The molecular formula is C13H20O3P+. The molecule has 1 unspecified atom stereocenters. The molecule has 0 spiro atoms. The number of ether oxygens (including phenoxy) is 1. The number of benzene rings is 1. The fraction of sp³-hybridized carbons (Fsp3) is 0.538. The van der Waals surface area contributed by atoms with Gasteiger partial charge < -0.3 is 4.74 Å². The molecule has 0 amide bonds. The van der Waals surface area contributed by atoms with Crippen LogP contribution in [0.3, 0.4) is 0 Å². The summed E-state index contributed by atoms with van der Waals surface area (Å²) < 4.78 is 23.2. The third kappa shape index (κ3) is 4.84. The predicted molar refractivity (Wildman–Crippen MR) is 69.6 cm³/mol. The second-order valence-electron chi connectivity index (χ2n) is 5.32. The standard InChI is InChI=1S/C13H20O3P/c1-12(2,3)16-17(14)13(4,5)15-11-9-7-6-8-10-11/h6-10H,1-5H3/q+1. The molecule has 1 atom stereocenters. The molecule has 3 nitrogen and oxygen atoms in total. The fourth-order valence-electron chi connectivity index (χ4n) is 1.17. The summed E-state index contributed by atoms with van der Waals surface area (Å²) in [4.78, 5) is 0. The van der Waals surface area contributed by atoms with Crippen LogP contribution in [-0.2, 0) is 9.09 Å². The second kappa shape index (κ2) is 5.16. The maximum atomic E-state index is 12.1. The average Bonchev–Trinajstić information content (AvgIpc) is 2.15. The first-order valence-corrected chi connectivity index (χ1v) is 6.79. The van der Waals surface area contributed by atoms with Gasteiger partial charge >= 0.3 is 13.4 Å². The van der Waals surface area contributed by atoms with E-state index in [0.29, 0.717) is 5.75 Å². The first-order chi connectivity index (χ1) is 7.71. The van der Waals surface area contributed by atoms with Gasteiger partial charge in [-0.3, -0.25) is 0 Å². The van der Waals surface area contributed by atoms with Gasteiger partial charge in [-0.2, -0.15) is 0 Å². The van der Waals surface area contributed by atoms with Crippen LogP contribution in [-0.4, -0.2) is 10.9 Å². The Labute approximate surface area is 104 Å². The molecule has 0 bridgehead atoms. The van der Waals surface area contributed by atoms with E-state index in [1.807, 2.05) is 51.1 Å². The van der Waals surface area contributed by atoms with Crippen LogP contribution in [0.4, 0.5) is 0 Å². The molecule has 0 aliphatic heterocycles. The Balaban J connectivity index is 2.72. The fourth-order valence-corrected chi connectivity index (χ4v) is 2.07. The Kier molecular flexibility index (Phi) is 4.29. The van der Waals surface area contributed by atoms with E-state index in [9.17, 15) is 4.57 Å². The van der Waals surface area contributed by atoms with Crippen molar-refractivity contribution in [2.24, 2.45) is 0 Å². The van der Waals surface area contributed by atoms with Gasteiger partial charge in [0.2, 0.25) is 0 Å². The maximum absolute atomic E-state index is 12.1. The minimum atomic E-state index is -1.91. The van der Waals surface area contributed by atoms with Crippen molar-refractivity contribution in [1.29, 1.82) is 0 Å². The summed E-state index contributed by atoms with van der Waals surface area (Å²) in [5, 5.41) is -0.843. The molecular weight excluding hydrogens is 235 g/mol. The topological polar surface area (TPSA) is 35.5 Å².